The van der Waals surface area contributed by atoms with Gasteiger partial charge in [-0.1, -0.05) is 49.5 Å². The number of hydrogen-bond acceptors (Lipinski definition) is 4. The van der Waals surface area contributed by atoms with Crippen LogP contribution in [0.3, 0.4) is 0 Å². The van der Waals surface area contributed by atoms with Gasteiger partial charge in [-0.25, -0.2) is 4.58 Å². The van der Waals surface area contributed by atoms with Gasteiger partial charge in [-0.15, -0.1) is 0 Å². The lowest BCUT2D eigenvalue weighted by Gasteiger charge is -2.47. The molecule has 5 nitrogen and oxygen atoms in total. The second-order valence-corrected chi connectivity index (χ2v) is 18.5. The summed E-state index contributed by atoms with van der Waals surface area (Å²) in [6, 6.07) is 19.7. The van der Waals surface area contributed by atoms with E-state index in [1.807, 2.05) is 25.1 Å². The van der Waals surface area contributed by atoms with Crippen molar-refractivity contribution >= 4 is 36.3 Å². The van der Waals surface area contributed by atoms with E-state index in [1.54, 1.807) is 24.3 Å². The number of benzene rings is 3. The number of allylic oxidation sites excluding steroid dienone is 4. The van der Waals surface area contributed by atoms with Gasteiger partial charge < -0.3 is 19.9 Å². The molecular formula is C38H44N2O3Si. The molecule has 0 bridgehead atoms. The van der Waals surface area contributed by atoms with Gasteiger partial charge in [0.25, 0.3) is 0 Å². The smallest absolute Gasteiger partial charge is 0.203 e. The highest BCUT2D eigenvalue weighted by Crippen LogP contribution is 2.50. The quantitative estimate of drug-likeness (QED) is 0.278. The molecule has 0 aromatic heterocycles. The van der Waals surface area contributed by atoms with Gasteiger partial charge in [0.2, 0.25) is 5.71 Å². The van der Waals surface area contributed by atoms with Crippen molar-refractivity contribution in [3.05, 3.63) is 106 Å². The first-order chi connectivity index (χ1) is 20.7. The van der Waals surface area contributed by atoms with Crippen molar-refractivity contribution in [2.75, 3.05) is 18.5 Å². The summed E-state index contributed by atoms with van der Waals surface area (Å²) in [5, 5.41) is 24.5. The van der Waals surface area contributed by atoms with E-state index in [1.165, 1.54) is 32.8 Å². The molecule has 228 valence electrons. The highest BCUT2D eigenvalue weighted by atomic mass is 28.3. The van der Waals surface area contributed by atoms with Crippen molar-refractivity contribution < 1.29 is 19.6 Å². The average Bonchev–Trinajstić information content (AvgIpc) is 2.97. The topological polar surface area (TPSA) is 66.6 Å². The fourth-order valence-corrected chi connectivity index (χ4v) is 11.7. The Hall–Kier alpha value is -3.90. The number of carbonyl (C=O) groups is 1. The molecule has 3 atom stereocenters. The van der Waals surface area contributed by atoms with E-state index in [0.717, 1.165) is 29.9 Å². The van der Waals surface area contributed by atoms with Crippen LogP contribution in [0.2, 0.25) is 13.1 Å². The molecular weight excluding hydrogens is 561 g/mol. The predicted molar refractivity (Wildman–Crippen MR) is 180 cm³/mol. The van der Waals surface area contributed by atoms with Crippen molar-refractivity contribution in [2.24, 2.45) is 11.8 Å². The summed E-state index contributed by atoms with van der Waals surface area (Å²) in [5.74, 6) is -0.150. The van der Waals surface area contributed by atoms with E-state index < -0.39 is 14.0 Å². The van der Waals surface area contributed by atoms with Crippen LogP contribution in [0.4, 0.5) is 11.4 Å². The summed E-state index contributed by atoms with van der Waals surface area (Å²) < 4.78 is 2.60. The molecule has 6 rings (SSSR count). The van der Waals surface area contributed by atoms with Crippen LogP contribution in [-0.2, 0) is 0 Å². The van der Waals surface area contributed by atoms with Crippen LogP contribution < -0.4 is 15.2 Å². The molecule has 0 spiro atoms. The second kappa shape index (κ2) is 10.6. The summed E-state index contributed by atoms with van der Waals surface area (Å²) in [7, 11) is -0.0968. The lowest BCUT2D eigenvalue weighted by molar-refractivity contribution is -0.602. The normalized spacial score (nSPS) is 23.1. The molecule has 1 aliphatic carbocycles. The van der Waals surface area contributed by atoms with Crippen LogP contribution in [0.25, 0.3) is 0 Å². The van der Waals surface area contributed by atoms with E-state index in [4.69, 9.17) is 0 Å². The second-order valence-electron chi connectivity index (χ2n) is 14.1. The first-order valence-corrected chi connectivity index (χ1v) is 18.8. The van der Waals surface area contributed by atoms with Gasteiger partial charge in [-0.3, -0.25) is 0 Å². The fourth-order valence-electron chi connectivity index (χ4n) is 8.36. The number of hydrogen-bond donors (Lipinski definition) is 1. The highest BCUT2D eigenvalue weighted by molar-refractivity contribution is 6.96. The standard InChI is InChI=1S/C38H44N2O3Si/c1-9-40-33-21-35-32(20-31(33)24(3)22-38(40,4)5)36(29-16-10-25(37(42)43)18-23(29)2)30-17-13-27(19-34(30)44(35,7)8)39(6)26-11-14-28(41)15-12-26/h10-21,24,32,36H,9,22H2,1-8H3,(H-,41,42,43). The van der Waals surface area contributed by atoms with Crippen LogP contribution in [0.5, 0.6) is 5.75 Å². The summed E-state index contributed by atoms with van der Waals surface area (Å²) in [5.41, 5.74) is 8.75. The van der Waals surface area contributed by atoms with Crippen LogP contribution >= 0.6 is 0 Å². The van der Waals surface area contributed by atoms with Gasteiger partial charge in [-0.2, -0.15) is 0 Å². The SMILES string of the molecule is CC[N+]1=C2C=C3C(C=C2C(C)CC1(C)C)C(c1ccc(C(=O)[O-])cc1C)c1ccc(N(C)c2ccc(O)cc2)cc1[Si]3(C)C. The van der Waals surface area contributed by atoms with E-state index in [2.05, 4.69) is 87.7 Å². The van der Waals surface area contributed by atoms with Crippen molar-refractivity contribution in [3.63, 3.8) is 0 Å². The molecule has 0 amide bonds. The minimum absolute atomic E-state index is 0.0758. The van der Waals surface area contributed by atoms with E-state index in [9.17, 15) is 15.0 Å². The monoisotopic (exact) mass is 604 g/mol. The number of rotatable bonds is 5. The number of carbonyl (C=O) groups excluding carboxylic acids is 1. The van der Waals surface area contributed by atoms with Gasteiger partial charge in [0, 0.05) is 48.3 Å². The molecule has 3 unspecified atom stereocenters. The largest absolute Gasteiger partial charge is 0.545 e. The Morgan fingerprint density at radius 1 is 1.05 bits per heavy atom. The number of aromatic carboxylic acids is 1. The van der Waals surface area contributed by atoms with Crippen molar-refractivity contribution in [2.45, 2.75) is 65.6 Å². The fraction of sp³-hybridized carbons (Fsp3) is 0.368. The predicted octanol–water partition coefficient (Wildman–Crippen LogP) is 6.21. The molecule has 0 saturated heterocycles. The average molecular weight is 605 g/mol. The molecule has 44 heavy (non-hydrogen) atoms. The van der Waals surface area contributed by atoms with Crippen molar-refractivity contribution in [1.82, 2.24) is 0 Å². The van der Waals surface area contributed by atoms with E-state index in [-0.39, 0.29) is 28.7 Å². The Morgan fingerprint density at radius 2 is 1.70 bits per heavy atom. The minimum Gasteiger partial charge on any atom is -0.545 e. The van der Waals surface area contributed by atoms with Crippen LogP contribution in [0.15, 0.2) is 83.6 Å². The third kappa shape index (κ3) is 4.75. The van der Waals surface area contributed by atoms with Gasteiger partial charge in [0.15, 0.2) is 5.54 Å². The highest BCUT2D eigenvalue weighted by Gasteiger charge is 2.50. The lowest BCUT2D eigenvalue weighted by Crippen LogP contribution is -2.55. The van der Waals surface area contributed by atoms with E-state index in [0.29, 0.717) is 5.92 Å². The molecule has 2 heterocycles. The number of nitrogens with zero attached hydrogens (tertiary/aromatic N) is 2. The Balaban J connectivity index is 1.60. The van der Waals surface area contributed by atoms with Crippen molar-refractivity contribution in [1.29, 1.82) is 0 Å². The number of phenols is 1. The first kappa shape index (κ1) is 30.1. The third-order valence-electron chi connectivity index (χ3n) is 10.6. The zero-order chi connectivity index (χ0) is 31.7. The van der Waals surface area contributed by atoms with Crippen LogP contribution in [0.1, 0.15) is 67.1 Å². The van der Waals surface area contributed by atoms with E-state index >= 15 is 0 Å². The summed E-state index contributed by atoms with van der Waals surface area (Å²) in [6.45, 7) is 17.4. The number of anilines is 2. The summed E-state index contributed by atoms with van der Waals surface area (Å²) in [4.78, 5) is 13.9. The zero-order valence-corrected chi connectivity index (χ0v) is 28.2. The number of aromatic hydroxyl groups is 1. The van der Waals surface area contributed by atoms with Gasteiger partial charge >= 0.3 is 0 Å². The minimum atomic E-state index is -2.17. The Labute approximate surface area is 262 Å². The molecule has 0 saturated carbocycles. The molecule has 3 aromatic rings. The molecule has 1 N–H and O–H groups in total. The number of fused-ring (bicyclic) bond motifs is 3. The Kier molecular flexibility index (Phi) is 7.27. The maximum Gasteiger partial charge on any atom is 0.203 e. The number of phenolic OH excluding ortho intramolecular Hbond substituents is 1. The zero-order valence-electron chi connectivity index (χ0n) is 27.2. The van der Waals surface area contributed by atoms with Gasteiger partial charge in [0.1, 0.15) is 20.4 Å². The number of carboxylic acids is 1. The summed E-state index contributed by atoms with van der Waals surface area (Å²) in [6.07, 6.45) is 6.25. The number of aryl methyl sites for hydroxylation is 1. The van der Waals surface area contributed by atoms with Crippen LogP contribution in [-0.4, -0.2) is 48.6 Å². The Bertz CT molecular complexity index is 1760. The molecule has 0 radical (unpaired) electrons. The lowest BCUT2D eigenvalue weighted by atomic mass is 9.71. The first-order valence-electron chi connectivity index (χ1n) is 15.8. The summed E-state index contributed by atoms with van der Waals surface area (Å²) >= 11 is 0. The maximum atomic E-state index is 11.7. The molecule has 3 aliphatic rings. The van der Waals surface area contributed by atoms with Gasteiger partial charge in [-0.05, 0) is 104 Å². The maximum absolute atomic E-state index is 11.7. The molecule has 0 fully saturated rings. The number of carboxylic acid groups (broad SMARTS) is 1. The third-order valence-corrected chi connectivity index (χ3v) is 14.3. The molecule has 3 aromatic carbocycles. The van der Waals surface area contributed by atoms with Crippen molar-refractivity contribution in [3.8, 4) is 5.75 Å². The Morgan fingerprint density at radius 3 is 2.34 bits per heavy atom. The van der Waals surface area contributed by atoms with Gasteiger partial charge in [0.05, 0.1) is 5.97 Å². The molecule has 6 heteroatoms. The molecule has 2 aliphatic heterocycles. The van der Waals surface area contributed by atoms with Crippen LogP contribution in [0, 0.1) is 18.8 Å².